The summed E-state index contributed by atoms with van der Waals surface area (Å²) in [4.78, 5) is 12.4. The molecule has 0 fully saturated rings. The van der Waals surface area contributed by atoms with Crippen LogP contribution < -0.4 is 10.1 Å². The number of carbonyl (C=O) groups excluding carboxylic acids is 1. The van der Waals surface area contributed by atoms with E-state index in [1.165, 1.54) is 11.1 Å². The van der Waals surface area contributed by atoms with Gasteiger partial charge in [0.2, 0.25) is 0 Å². The lowest BCUT2D eigenvalue weighted by Gasteiger charge is -2.17. The average Bonchev–Trinajstić information content (AvgIpc) is 2.54. The third-order valence-electron chi connectivity index (χ3n) is 3.81. The second kappa shape index (κ2) is 7.82. The van der Waals surface area contributed by atoms with E-state index in [9.17, 15) is 4.79 Å². The van der Waals surface area contributed by atoms with Crippen molar-refractivity contribution in [3.05, 3.63) is 59.7 Å². The van der Waals surface area contributed by atoms with Gasteiger partial charge in [-0.3, -0.25) is 4.79 Å². The standard InChI is InChI=1S/C20H25NO2/c1-5-19(23-18-12-6-15(4)7-13-18)20(22)21-17-10-8-16(9-11-17)14(2)3/h6-14,19H,5H2,1-4H3,(H,21,22). The first-order valence-electron chi connectivity index (χ1n) is 8.13. The number of carbonyl (C=O) groups is 1. The second-order valence-electron chi connectivity index (χ2n) is 6.09. The van der Waals surface area contributed by atoms with Crippen LogP contribution in [0.5, 0.6) is 5.75 Å². The van der Waals surface area contributed by atoms with Crippen molar-refractivity contribution in [2.75, 3.05) is 5.32 Å². The molecule has 1 unspecified atom stereocenters. The average molecular weight is 311 g/mol. The Kier molecular flexibility index (Phi) is 5.80. The Morgan fingerprint density at radius 1 is 1.04 bits per heavy atom. The quantitative estimate of drug-likeness (QED) is 0.822. The number of aryl methyl sites for hydroxylation is 1. The van der Waals surface area contributed by atoms with Gasteiger partial charge in [-0.15, -0.1) is 0 Å². The van der Waals surface area contributed by atoms with Crippen molar-refractivity contribution in [3.63, 3.8) is 0 Å². The molecule has 23 heavy (non-hydrogen) atoms. The summed E-state index contributed by atoms with van der Waals surface area (Å²) >= 11 is 0. The minimum Gasteiger partial charge on any atom is -0.481 e. The Morgan fingerprint density at radius 2 is 1.65 bits per heavy atom. The lowest BCUT2D eigenvalue weighted by Crippen LogP contribution is -2.32. The maximum absolute atomic E-state index is 12.4. The lowest BCUT2D eigenvalue weighted by atomic mass is 10.0. The van der Waals surface area contributed by atoms with Gasteiger partial charge in [-0.2, -0.15) is 0 Å². The Labute approximate surface area is 138 Å². The molecule has 0 spiro atoms. The van der Waals surface area contributed by atoms with Gasteiger partial charge in [-0.05, 0) is 49.1 Å². The number of hydrogen-bond donors (Lipinski definition) is 1. The molecule has 0 radical (unpaired) electrons. The highest BCUT2D eigenvalue weighted by Gasteiger charge is 2.18. The summed E-state index contributed by atoms with van der Waals surface area (Å²) in [6, 6.07) is 15.7. The zero-order valence-corrected chi connectivity index (χ0v) is 14.3. The molecule has 0 bridgehead atoms. The van der Waals surface area contributed by atoms with Crippen molar-refractivity contribution >= 4 is 11.6 Å². The normalized spacial score (nSPS) is 12.0. The molecule has 0 aliphatic heterocycles. The predicted molar refractivity (Wildman–Crippen MR) is 95.0 cm³/mol. The molecule has 3 nitrogen and oxygen atoms in total. The van der Waals surface area contributed by atoms with Crippen LogP contribution in [0, 0.1) is 6.92 Å². The maximum Gasteiger partial charge on any atom is 0.265 e. The summed E-state index contributed by atoms with van der Waals surface area (Å²) in [6.45, 7) is 8.27. The summed E-state index contributed by atoms with van der Waals surface area (Å²) < 4.78 is 5.80. The Hall–Kier alpha value is -2.29. The van der Waals surface area contributed by atoms with Gasteiger partial charge in [0, 0.05) is 5.69 Å². The van der Waals surface area contributed by atoms with Crippen LogP contribution in [0.1, 0.15) is 44.2 Å². The molecule has 2 rings (SSSR count). The largest absolute Gasteiger partial charge is 0.481 e. The van der Waals surface area contributed by atoms with E-state index < -0.39 is 6.10 Å². The van der Waals surface area contributed by atoms with Gasteiger partial charge in [0.25, 0.3) is 5.91 Å². The van der Waals surface area contributed by atoms with E-state index in [0.717, 1.165) is 5.69 Å². The van der Waals surface area contributed by atoms with Crippen LogP contribution in [-0.2, 0) is 4.79 Å². The summed E-state index contributed by atoms with van der Waals surface area (Å²) in [7, 11) is 0. The number of anilines is 1. The van der Waals surface area contributed by atoms with Gasteiger partial charge in [0.15, 0.2) is 6.10 Å². The molecular formula is C20H25NO2. The van der Waals surface area contributed by atoms with E-state index in [-0.39, 0.29) is 5.91 Å². The topological polar surface area (TPSA) is 38.3 Å². The summed E-state index contributed by atoms with van der Waals surface area (Å²) in [5.74, 6) is 1.08. The summed E-state index contributed by atoms with van der Waals surface area (Å²) in [6.07, 6.45) is 0.117. The van der Waals surface area contributed by atoms with Crippen LogP contribution in [0.15, 0.2) is 48.5 Å². The van der Waals surface area contributed by atoms with E-state index in [4.69, 9.17) is 4.74 Å². The monoisotopic (exact) mass is 311 g/mol. The fraction of sp³-hybridized carbons (Fsp3) is 0.350. The van der Waals surface area contributed by atoms with Crippen LogP contribution in [0.4, 0.5) is 5.69 Å². The number of hydrogen-bond acceptors (Lipinski definition) is 2. The van der Waals surface area contributed by atoms with Crippen LogP contribution in [0.2, 0.25) is 0 Å². The number of benzene rings is 2. The van der Waals surface area contributed by atoms with Crippen molar-refractivity contribution in [1.82, 2.24) is 0 Å². The van der Waals surface area contributed by atoms with Crippen molar-refractivity contribution in [1.29, 1.82) is 0 Å². The van der Waals surface area contributed by atoms with Gasteiger partial charge in [-0.1, -0.05) is 50.6 Å². The zero-order chi connectivity index (χ0) is 16.8. The predicted octanol–water partition coefficient (Wildman–Crippen LogP) is 4.91. The molecule has 122 valence electrons. The van der Waals surface area contributed by atoms with E-state index in [2.05, 4.69) is 19.2 Å². The molecule has 0 saturated carbocycles. The molecule has 0 aliphatic rings. The van der Waals surface area contributed by atoms with E-state index in [1.54, 1.807) is 0 Å². The van der Waals surface area contributed by atoms with E-state index >= 15 is 0 Å². The molecule has 1 amide bonds. The maximum atomic E-state index is 12.4. The van der Waals surface area contributed by atoms with E-state index in [0.29, 0.717) is 18.1 Å². The first kappa shape index (κ1) is 17.1. The highest BCUT2D eigenvalue weighted by atomic mass is 16.5. The minimum absolute atomic E-state index is 0.120. The molecular weight excluding hydrogens is 286 g/mol. The fourth-order valence-electron chi connectivity index (χ4n) is 2.28. The number of rotatable bonds is 6. The second-order valence-corrected chi connectivity index (χ2v) is 6.09. The SMILES string of the molecule is CCC(Oc1ccc(C)cc1)C(=O)Nc1ccc(C(C)C)cc1. The molecule has 2 aromatic rings. The molecule has 0 saturated heterocycles. The Bertz CT molecular complexity index is 630. The van der Waals surface area contributed by atoms with Crippen molar-refractivity contribution in [2.24, 2.45) is 0 Å². The summed E-state index contributed by atoms with van der Waals surface area (Å²) in [5.41, 5.74) is 3.22. The fourth-order valence-corrected chi connectivity index (χ4v) is 2.28. The van der Waals surface area contributed by atoms with Gasteiger partial charge in [-0.25, -0.2) is 0 Å². The highest BCUT2D eigenvalue weighted by Crippen LogP contribution is 2.19. The third kappa shape index (κ3) is 4.85. The van der Waals surface area contributed by atoms with Crippen LogP contribution >= 0.6 is 0 Å². The molecule has 1 N–H and O–H groups in total. The molecule has 0 aliphatic carbocycles. The van der Waals surface area contributed by atoms with Crippen LogP contribution in [-0.4, -0.2) is 12.0 Å². The molecule has 3 heteroatoms. The van der Waals surface area contributed by atoms with Crippen molar-refractivity contribution < 1.29 is 9.53 Å². The van der Waals surface area contributed by atoms with Crippen LogP contribution in [0.25, 0.3) is 0 Å². The highest BCUT2D eigenvalue weighted by molar-refractivity contribution is 5.94. The lowest BCUT2D eigenvalue weighted by molar-refractivity contribution is -0.122. The molecule has 2 aromatic carbocycles. The zero-order valence-electron chi connectivity index (χ0n) is 14.3. The van der Waals surface area contributed by atoms with Gasteiger partial charge in [0.05, 0.1) is 0 Å². The van der Waals surface area contributed by atoms with E-state index in [1.807, 2.05) is 62.4 Å². The third-order valence-corrected chi connectivity index (χ3v) is 3.81. The Morgan fingerprint density at radius 3 is 2.17 bits per heavy atom. The van der Waals surface area contributed by atoms with Crippen LogP contribution in [0.3, 0.4) is 0 Å². The number of ether oxygens (including phenoxy) is 1. The summed E-state index contributed by atoms with van der Waals surface area (Å²) in [5, 5.41) is 2.93. The van der Waals surface area contributed by atoms with Crippen molar-refractivity contribution in [2.45, 2.75) is 46.1 Å². The first-order valence-corrected chi connectivity index (χ1v) is 8.13. The van der Waals surface area contributed by atoms with Crippen molar-refractivity contribution in [3.8, 4) is 5.75 Å². The minimum atomic E-state index is -0.498. The molecule has 0 aromatic heterocycles. The Balaban J connectivity index is 2.00. The van der Waals surface area contributed by atoms with Gasteiger partial charge < -0.3 is 10.1 Å². The number of nitrogens with one attached hydrogen (secondary N) is 1. The van der Waals surface area contributed by atoms with Gasteiger partial charge in [0.1, 0.15) is 5.75 Å². The number of amides is 1. The smallest absolute Gasteiger partial charge is 0.265 e. The molecule has 1 atom stereocenters. The molecule has 0 heterocycles. The first-order chi connectivity index (χ1) is 11.0. The van der Waals surface area contributed by atoms with Gasteiger partial charge >= 0.3 is 0 Å².